The Labute approximate surface area is 116 Å². The second-order valence-corrected chi connectivity index (χ2v) is 4.92. The molecule has 0 unspecified atom stereocenters. The van der Waals surface area contributed by atoms with Gasteiger partial charge < -0.3 is 10.5 Å². The third kappa shape index (κ3) is 2.62. The molecule has 0 bridgehead atoms. The van der Waals surface area contributed by atoms with E-state index in [2.05, 4.69) is 0 Å². The molecular weight excluding hydrogens is 291 g/mol. The summed E-state index contributed by atoms with van der Waals surface area (Å²) in [5.74, 6) is -4.75. The maximum Gasteiger partial charge on any atom is 0.350 e. The molecule has 0 radical (unpaired) electrons. The first kappa shape index (κ1) is 14.4. The van der Waals surface area contributed by atoms with E-state index >= 15 is 0 Å². The van der Waals surface area contributed by atoms with E-state index in [4.69, 9.17) is 10.5 Å². The van der Waals surface area contributed by atoms with Crippen molar-refractivity contribution in [2.24, 2.45) is 0 Å². The van der Waals surface area contributed by atoms with E-state index in [1.54, 1.807) is 6.92 Å². The number of rotatable bonds is 3. The number of hydrogen-bond donors (Lipinski definition) is 1. The van der Waals surface area contributed by atoms with Gasteiger partial charge in [0.2, 0.25) is 0 Å². The van der Waals surface area contributed by atoms with Crippen LogP contribution in [0, 0.1) is 17.5 Å². The molecule has 0 saturated heterocycles. The Morgan fingerprint density at radius 3 is 2.40 bits per heavy atom. The largest absolute Gasteiger partial charge is 0.462 e. The smallest absolute Gasteiger partial charge is 0.350 e. The lowest BCUT2D eigenvalue weighted by Crippen LogP contribution is -2.04. The highest BCUT2D eigenvalue weighted by molar-refractivity contribution is 7.18. The number of thiophene rings is 1. The molecule has 1 heterocycles. The fourth-order valence-electron chi connectivity index (χ4n) is 1.60. The minimum absolute atomic E-state index is 0.105. The predicted molar refractivity (Wildman–Crippen MR) is 70.0 cm³/mol. The Bertz CT molecular complexity index is 647. The topological polar surface area (TPSA) is 52.3 Å². The summed E-state index contributed by atoms with van der Waals surface area (Å²) >= 11 is 0.929. The van der Waals surface area contributed by atoms with Gasteiger partial charge >= 0.3 is 5.97 Å². The summed E-state index contributed by atoms with van der Waals surface area (Å²) < 4.78 is 44.1. The van der Waals surface area contributed by atoms with Crippen molar-refractivity contribution in [2.75, 3.05) is 12.3 Å². The van der Waals surface area contributed by atoms with E-state index in [1.807, 2.05) is 0 Å². The Kier molecular flexibility index (Phi) is 3.99. The lowest BCUT2D eigenvalue weighted by atomic mass is 10.1. The van der Waals surface area contributed by atoms with Gasteiger partial charge in [-0.2, -0.15) is 0 Å². The van der Waals surface area contributed by atoms with Crippen molar-refractivity contribution < 1.29 is 22.7 Å². The van der Waals surface area contributed by atoms with Crippen LogP contribution in [0.1, 0.15) is 16.6 Å². The van der Waals surface area contributed by atoms with Crippen LogP contribution >= 0.6 is 11.3 Å². The first-order chi connectivity index (χ1) is 9.43. The fraction of sp³-hybridized carbons (Fsp3) is 0.154. The number of carbonyl (C=O) groups is 1. The van der Waals surface area contributed by atoms with Crippen molar-refractivity contribution >= 4 is 23.0 Å². The average Bonchev–Trinajstić information content (AvgIpc) is 2.78. The van der Waals surface area contributed by atoms with Gasteiger partial charge in [-0.15, -0.1) is 11.3 Å². The Hall–Kier alpha value is -2.02. The van der Waals surface area contributed by atoms with Crippen LogP contribution in [0.15, 0.2) is 18.2 Å². The minimum Gasteiger partial charge on any atom is -0.462 e. The zero-order valence-electron chi connectivity index (χ0n) is 10.4. The minimum atomic E-state index is -1.54. The van der Waals surface area contributed by atoms with E-state index in [-0.39, 0.29) is 22.7 Å². The molecule has 7 heteroatoms. The van der Waals surface area contributed by atoms with Gasteiger partial charge in [-0.1, -0.05) is 0 Å². The first-order valence-electron chi connectivity index (χ1n) is 5.65. The van der Waals surface area contributed by atoms with Crippen molar-refractivity contribution in [3.05, 3.63) is 40.5 Å². The van der Waals surface area contributed by atoms with E-state index in [0.717, 1.165) is 23.5 Å². The van der Waals surface area contributed by atoms with Gasteiger partial charge in [-0.3, -0.25) is 0 Å². The summed E-state index contributed by atoms with van der Waals surface area (Å²) in [6.07, 6.45) is 0. The molecule has 0 atom stereocenters. The monoisotopic (exact) mass is 301 g/mol. The third-order valence-electron chi connectivity index (χ3n) is 2.49. The fourth-order valence-corrected chi connectivity index (χ4v) is 2.56. The second-order valence-electron chi connectivity index (χ2n) is 3.87. The molecular formula is C13H10F3NO2S. The van der Waals surface area contributed by atoms with Crippen LogP contribution < -0.4 is 5.73 Å². The summed E-state index contributed by atoms with van der Waals surface area (Å²) in [5.41, 5.74) is 5.92. The maximum absolute atomic E-state index is 13.2. The van der Waals surface area contributed by atoms with Crippen molar-refractivity contribution in [3.63, 3.8) is 0 Å². The maximum atomic E-state index is 13.2. The molecule has 0 aliphatic rings. The van der Waals surface area contributed by atoms with Crippen molar-refractivity contribution in [1.82, 2.24) is 0 Å². The molecule has 1 aromatic heterocycles. The van der Waals surface area contributed by atoms with Crippen molar-refractivity contribution in [2.45, 2.75) is 6.92 Å². The van der Waals surface area contributed by atoms with Gasteiger partial charge in [0.15, 0.2) is 17.5 Å². The Morgan fingerprint density at radius 1 is 1.25 bits per heavy atom. The first-order valence-corrected chi connectivity index (χ1v) is 6.47. The summed E-state index contributed by atoms with van der Waals surface area (Å²) in [6.45, 7) is 1.83. The molecule has 0 amide bonds. The molecule has 0 aliphatic heterocycles. The van der Waals surface area contributed by atoms with E-state index in [1.165, 1.54) is 6.07 Å². The molecule has 2 rings (SSSR count). The highest BCUT2D eigenvalue weighted by atomic mass is 32.1. The van der Waals surface area contributed by atoms with Crippen LogP contribution in [0.25, 0.3) is 10.4 Å². The van der Waals surface area contributed by atoms with Crippen LogP contribution in [0.3, 0.4) is 0 Å². The molecule has 20 heavy (non-hydrogen) atoms. The highest BCUT2D eigenvalue weighted by Crippen LogP contribution is 2.34. The molecule has 0 spiro atoms. The van der Waals surface area contributed by atoms with E-state index in [0.29, 0.717) is 4.88 Å². The number of nitrogens with two attached hydrogens (primary N) is 1. The molecule has 1 aromatic carbocycles. The number of benzene rings is 1. The number of nitrogen functional groups attached to an aromatic ring is 1. The quantitative estimate of drug-likeness (QED) is 0.696. The van der Waals surface area contributed by atoms with Crippen LogP contribution in [0.2, 0.25) is 0 Å². The molecule has 0 saturated carbocycles. The van der Waals surface area contributed by atoms with E-state index in [9.17, 15) is 18.0 Å². The number of hydrogen-bond acceptors (Lipinski definition) is 4. The van der Waals surface area contributed by atoms with Crippen molar-refractivity contribution in [1.29, 1.82) is 0 Å². The highest BCUT2D eigenvalue weighted by Gasteiger charge is 2.18. The molecule has 0 aliphatic carbocycles. The zero-order chi connectivity index (χ0) is 14.9. The molecule has 3 nitrogen and oxygen atoms in total. The molecule has 0 fully saturated rings. The molecule has 106 valence electrons. The van der Waals surface area contributed by atoms with Gasteiger partial charge in [-0.05, 0) is 30.7 Å². The summed E-state index contributed by atoms with van der Waals surface area (Å²) in [7, 11) is 0. The van der Waals surface area contributed by atoms with Gasteiger partial charge in [0.25, 0.3) is 0 Å². The number of ether oxygens (including phenoxy) is 1. The van der Waals surface area contributed by atoms with Gasteiger partial charge in [0.1, 0.15) is 4.88 Å². The second kappa shape index (κ2) is 5.54. The SMILES string of the molecule is CCOC(=O)c1sc(-c2cc(F)c(F)c(F)c2)cc1N. The number of halogens is 3. The standard InChI is InChI=1S/C13H10F3NO2S/c1-2-19-13(18)12-9(17)5-10(20-12)6-3-7(14)11(16)8(15)4-6/h3-5H,2,17H2,1H3. The van der Waals surface area contributed by atoms with Crippen LogP contribution in [0.4, 0.5) is 18.9 Å². The van der Waals surface area contributed by atoms with Gasteiger partial charge in [0, 0.05) is 4.88 Å². The number of esters is 1. The van der Waals surface area contributed by atoms with Gasteiger partial charge in [-0.25, -0.2) is 18.0 Å². The average molecular weight is 301 g/mol. The predicted octanol–water partition coefficient (Wildman–Crippen LogP) is 3.59. The Morgan fingerprint density at radius 2 is 1.85 bits per heavy atom. The number of anilines is 1. The van der Waals surface area contributed by atoms with Crippen molar-refractivity contribution in [3.8, 4) is 10.4 Å². The lowest BCUT2D eigenvalue weighted by Gasteiger charge is -2.00. The lowest BCUT2D eigenvalue weighted by molar-refractivity contribution is 0.0533. The van der Waals surface area contributed by atoms with E-state index < -0.39 is 23.4 Å². The van der Waals surface area contributed by atoms with Crippen LogP contribution in [0.5, 0.6) is 0 Å². The van der Waals surface area contributed by atoms with Crippen LogP contribution in [-0.4, -0.2) is 12.6 Å². The van der Waals surface area contributed by atoms with Gasteiger partial charge in [0.05, 0.1) is 12.3 Å². The summed E-state index contributed by atoms with van der Waals surface area (Å²) in [5, 5.41) is 0. The van der Waals surface area contributed by atoms with Crippen LogP contribution in [-0.2, 0) is 4.74 Å². The molecule has 2 aromatic rings. The summed E-state index contributed by atoms with van der Waals surface area (Å²) in [6, 6.07) is 3.08. The summed E-state index contributed by atoms with van der Waals surface area (Å²) in [4.78, 5) is 12.1. The third-order valence-corrected chi connectivity index (χ3v) is 3.67. The zero-order valence-corrected chi connectivity index (χ0v) is 11.2. The normalized spacial score (nSPS) is 10.6. The molecule has 2 N–H and O–H groups in total. The Balaban J connectivity index is 2.44. The number of carbonyl (C=O) groups excluding carboxylic acids is 1.